The van der Waals surface area contributed by atoms with Gasteiger partial charge in [-0.3, -0.25) is 4.79 Å². The molecule has 2 atom stereocenters. The molecule has 4 rings (SSSR count). The van der Waals surface area contributed by atoms with Crippen LogP contribution in [-0.2, 0) is 16.0 Å². The van der Waals surface area contributed by atoms with Crippen molar-refractivity contribution in [2.45, 2.75) is 24.5 Å². The average Bonchev–Trinajstić information content (AvgIpc) is 3.22. The van der Waals surface area contributed by atoms with E-state index in [0.717, 1.165) is 21.2 Å². The number of nitrogens with zero attached hydrogens (tertiary/aromatic N) is 1. The van der Waals surface area contributed by atoms with Crippen LogP contribution < -0.4 is 10.5 Å². The second kappa shape index (κ2) is 10.2. The molecule has 1 heterocycles. The zero-order chi connectivity index (χ0) is 23.3. The van der Waals surface area contributed by atoms with Gasteiger partial charge >= 0.3 is 0 Å². The maximum absolute atomic E-state index is 12.9. The zero-order valence-electron chi connectivity index (χ0n) is 18.0. The van der Waals surface area contributed by atoms with Crippen LogP contribution in [0.1, 0.15) is 29.2 Å². The molecule has 1 amide bonds. The SMILES string of the molecule is NC(=O)[C@]1(Cc2ccc(Br)cc2)N=C(c2ccc(OCCCO)cc2)O[C@@H]1c1ccccc1. The minimum atomic E-state index is -1.29. The Morgan fingerprint density at radius 2 is 1.76 bits per heavy atom. The number of hydrogen-bond donors (Lipinski definition) is 2. The fraction of sp³-hybridized carbons (Fsp3) is 0.231. The van der Waals surface area contributed by atoms with Crippen LogP contribution in [0, 0.1) is 0 Å². The number of rotatable bonds is 9. The van der Waals surface area contributed by atoms with Crippen LogP contribution in [0.15, 0.2) is 88.3 Å². The highest BCUT2D eigenvalue weighted by molar-refractivity contribution is 9.10. The molecule has 1 aliphatic heterocycles. The quantitative estimate of drug-likeness (QED) is 0.423. The van der Waals surface area contributed by atoms with Gasteiger partial charge in [0.25, 0.3) is 0 Å². The van der Waals surface area contributed by atoms with Crippen molar-refractivity contribution in [1.29, 1.82) is 0 Å². The average molecular weight is 509 g/mol. The lowest BCUT2D eigenvalue weighted by Gasteiger charge is -2.29. The van der Waals surface area contributed by atoms with E-state index in [1.54, 1.807) is 0 Å². The van der Waals surface area contributed by atoms with Crippen molar-refractivity contribution in [3.05, 3.63) is 100 Å². The predicted molar refractivity (Wildman–Crippen MR) is 130 cm³/mol. The number of aliphatic imine (C=N–C) groups is 1. The molecule has 0 saturated carbocycles. The van der Waals surface area contributed by atoms with Crippen molar-refractivity contribution < 1.29 is 19.4 Å². The van der Waals surface area contributed by atoms with Gasteiger partial charge in [-0.15, -0.1) is 0 Å². The molecule has 0 spiro atoms. The van der Waals surface area contributed by atoms with Crippen molar-refractivity contribution in [2.24, 2.45) is 10.7 Å². The summed E-state index contributed by atoms with van der Waals surface area (Å²) < 4.78 is 12.9. The monoisotopic (exact) mass is 508 g/mol. The summed E-state index contributed by atoms with van der Waals surface area (Å²) in [7, 11) is 0. The number of hydrogen-bond acceptors (Lipinski definition) is 5. The van der Waals surface area contributed by atoms with Crippen molar-refractivity contribution in [3.8, 4) is 5.75 Å². The Kier molecular flexibility index (Phi) is 7.11. The van der Waals surface area contributed by atoms with Gasteiger partial charge in [0.1, 0.15) is 5.75 Å². The smallest absolute Gasteiger partial charge is 0.250 e. The molecule has 0 radical (unpaired) electrons. The van der Waals surface area contributed by atoms with Crippen LogP contribution >= 0.6 is 15.9 Å². The Bertz CT molecular complexity index is 1120. The Balaban J connectivity index is 1.70. The number of carbonyl (C=O) groups excluding carboxylic acids is 1. The molecule has 3 aromatic carbocycles. The molecule has 0 aromatic heterocycles. The lowest BCUT2D eigenvalue weighted by atomic mass is 9.82. The number of amides is 1. The van der Waals surface area contributed by atoms with Gasteiger partial charge < -0.3 is 20.3 Å². The predicted octanol–water partition coefficient (Wildman–Crippen LogP) is 4.20. The van der Waals surface area contributed by atoms with Crippen LogP contribution in [0.5, 0.6) is 5.75 Å². The topological polar surface area (TPSA) is 94.1 Å². The first-order chi connectivity index (χ1) is 16.0. The van der Waals surface area contributed by atoms with Crippen LogP contribution in [0.4, 0.5) is 0 Å². The Morgan fingerprint density at radius 1 is 1.06 bits per heavy atom. The fourth-order valence-electron chi connectivity index (χ4n) is 3.84. The molecule has 1 aliphatic rings. The molecule has 3 aromatic rings. The summed E-state index contributed by atoms with van der Waals surface area (Å²) in [5, 5.41) is 8.91. The standard InChI is InChI=1S/C26H25BrN2O4/c27-21-11-7-18(8-12-21)17-26(25(28)31)23(19-5-2-1-3-6-19)33-24(29-26)20-9-13-22(14-10-20)32-16-4-15-30/h1-3,5-14,23,30H,4,15-17H2,(H2,28,31)/t23-,26-/m1/s1. The Morgan fingerprint density at radius 3 is 2.39 bits per heavy atom. The largest absolute Gasteiger partial charge is 0.494 e. The molecular formula is C26H25BrN2O4. The van der Waals surface area contributed by atoms with Crippen molar-refractivity contribution in [2.75, 3.05) is 13.2 Å². The molecule has 0 fully saturated rings. The van der Waals surface area contributed by atoms with E-state index in [9.17, 15) is 4.79 Å². The molecule has 0 unspecified atom stereocenters. The van der Waals surface area contributed by atoms with Gasteiger partial charge in [0, 0.05) is 29.5 Å². The number of halogens is 1. The first-order valence-corrected chi connectivity index (χ1v) is 11.5. The molecule has 7 heteroatoms. The highest BCUT2D eigenvalue weighted by atomic mass is 79.9. The molecule has 0 saturated heterocycles. The number of ether oxygens (including phenoxy) is 2. The van der Waals surface area contributed by atoms with E-state index in [1.807, 2.05) is 78.9 Å². The molecule has 33 heavy (non-hydrogen) atoms. The first kappa shape index (κ1) is 23.0. The minimum absolute atomic E-state index is 0.0805. The number of nitrogens with two attached hydrogens (primary N) is 1. The number of carbonyl (C=O) groups is 1. The summed E-state index contributed by atoms with van der Waals surface area (Å²) >= 11 is 3.45. The van der Waals surface area contributed by atoms with Crippen LogP contribution in [0.3, 0.4) is 0 Å². The fourth-order valence-corrected chi connectivity index (χ4v) is 4.11. The van der Waals surface area contributed by atoms with Crippen molar-refractivity contribution in [3.63, 3.8) is 0 Å². The normalized spacial score (nSPS) is 19.6. The third-order valence-corrected chi connectivity index (χ3v) is 6.08. The molecule has 6 nitrogen and oxygen atoms in total. The van der Waals surface area contributed by atoms with Gasteiger partial charge in [0.05, 0.1) is 6.61 Å². The van der Waals surface area contributed by atoms with Crippen molar-refractivity contribution in [1.82, 2.24) is 0 Å². The number of aliphatic hydroxyl groups excluding tert-OH is 1. The summed E-state index contributed by atoms with van der Waals surface area (Å²) in [6, 6.07) is 24.6. The van der Waals surface area contributed by atoms with E-state index < -0.39 is 17.6 Å². The molecule has 0 aliphatic carbocycles. The summed E-state index contributed by atoms with van der Waals surface area (Å²) in [4.78, 5) is 17.7. The third kappa shape index (κ3) is 5.10. The summed E-state index contributed by atoms with van der Waals surface area (Å²) in [5.41, 5.74) is 7.19. The van der Waals surface area contributed by atoms with Gasteiger partial charge in [-0.1, -0.05) is 58.4 Å². The maximum atomic E-state index is 12.9. The molecule has 0 bridgehead atoms. The van der Waals surface area contributed by atoms with E-state index >= 15 is 0 Å². The van der Waals surface area contributed by atoms with E-state index in [1.165, 1.54) is 0 Å². The Labute approximate surface area is 201 Å². The lowest BCUT2D eigenvalue weighted by molar-refractivity contribution is -0.125. The van der Waals surface area contributed by atoms with Crippen LogP contribution in [0.2, 0.25) is 0 Å². The highest BCUT2D eigenvalue weighted by Crippen LogP contribution is 2.42. The lowest BCUT2D eigenvalue weighted by Crippen LogP contribution is -2.47. The summed E-state index contributed by atoms with van der Waals surface area (Å²) in [6.45, 7) is 0.512. The van der Waals surface area contributed by atoms with E-state index in [2.05, 4.69) is 15.9 Å². The van der Waals surface area contributed by atoms with E-state index in [0.29, 0.717) is 31.1 Å². The van der Waals surface area contributed by atoms with Crippen LogP contribution in [-0.4, -0.2) is 35.7 Å². The number of aliphatic hydroxyl groups is 1. The highest BCUT2D eigenvalue weighted by Gasteiger charge is 2.52. The van der Waals surface area contributed by atoms with Gasteiger partial charge in [-0.25, -0.2) is 4.99 Å². The second-order valence-corrected chi connectivity index (χ2v) is 8.78. The zero-order valence-corrected chi connectivity index (χ0v) is 19.6. The number of benzene rings is 3. The van der Waals surface area contributed by atoms with Gasteiger partial charge in [0.2, 0.25) is 11.8 Å². The van der Waals surface area contributed by atoms with Gasteiger partial charge in [0.15, 0.2) is 11.6 Å². The molecule has 170 valence electrons. The minimum Gasteiger partial charge on any atom is -0.494 e. The molecular weight excluding hydrogens is 484 g/mol. The second-order valence-electron chi connectivity index (χ2n) is 7.87. The maximum Gasteiger partial charge on any atom is 0.250 e. The summed E-state index contributed by atoms with van der Waals surface area (Å²) in [5.74, 6) is 0.501. The van der Waals surface area contributed by atoms with E-state index in [-0.39, 0.29) is 6.61 Å². The first-order valence-electron chi connectivity index (χ1n) is 10.7. The van der Waals surface area contributed by atoms with E-state index in [4.69, 9.17) is 25.3 Å². The Hall–Kier alpha value is -3.16. The van der Waals surface area contributed by atoms with Crippen molar-refractivity contribution >= 4 is 27.7 Å². The van der Waals surface area contributed by atoms with Crippen LogP contribution in [0.25, 0.3) is 0 Å². The third-order valence-electron chi connectivity index (χ3n) is 5.55. The summed E-state index contributed by atoms with van der Waals surface area (Å²) in [6.07, 6.45) is 0.212. The molecule has 3 N–H and O–H groups in total. The van der Waals surface area contributed by atoms with Gasteiger partial charge in [-0.2, -0.15) is 0 Å². The number of primary amides is 1. The van der Waals surface area contributed by atoms with Gasteiger partial charge in [-0.05, 0) is 47.5 Å².